The molecule has 0 amide bonds. The Bertz CT molecular complexity index is 813. The fourth-order valence-corrected chi connectivity index (χ4v) is 6.98. The number of hydrogen-bond donors (Lipinski definition) is 0. The van der Waals surface area contributed by atoms with Crippen molar-refractivity contribution in [1.29, 1.82) is 5.26 Å². The third-order valence-electron chi connectivity index (χ3n) is 2.65. The van der Waals surface area contributed by atoms with E-state index in [4.69, 9.17) is 10.2 Å². The van der Waals surface area contributed by atoms with Crippen LogP contribution in [0.1, 0.15) is 5.56 Å². The fraction of sp³-hybridized carbons (Fsp3) is 0. The van der Waals surface area contributed by atoms with Crippen molar-refractivity contribution in [2.75, 3.05) is 0 Å². The average Bonchev–Trinajstić information content (AvgIpc) is 2.89. The van der Waals surface area contributed by atoms with Gasteiger partial charge in [-0.25, -0.2) is 0 Å². The molecule has 0 saturated heterocycles. The molecule has 4 nitrogen and oxygen atoms in total. The number of benzene rings is 1. The van der Waals surface area contributed by atoms with Gasteiger partial charge in [-0.1, -0.05) is 0 Å². The molecule has 0 saturated carbocycles. The van der Waals surface area contributed by atoms with Crippen molar-refractivity contribution in [2.24, 2.45) is 0 Å². The van der Waals surface area contributed by atoms with Gasteiger partial charge < -0.3 is 0 Å². The van der Waals surface area contributed by atoms with E-state index in [1.165, 1.54) is 0 Å². The van der Waals surface area contributed by atoms with Crippen LogP contribution in [0.5, 0.6) is 0 Å². The quantitative estimate of drug-likeness (QED) is 0.606. The maximum atomic E-state index is 8.99. The molecule has 0 radical (unpaired) electrons. The van der Waals surface area contributed by atoms with Crippen molar-refractivity contribution in [3.05, 3.63) is 52.2 Å². The molecule has 0 fully saturated rings. The molecule has 2 heterocycles. The zero-order valence-electron chi connectivity index (χ0n) is 10.6. The Balaban J connectivity index is 1.93. The molecular formula is C14H8AsBrN4S. The molecule has 0 aliphatic carbocycles. The van der Waals surface area contributed by atoms with Crippen LogP contribution in [0.25, 0.3) is 11.3 Å². The fourth-order valence-electron chi connectivity index (χ4n) is 1.74. The van der Waals surface area contributed by atoms with Crippen LogP contribution in [0.2, 0.25) is 0 Å². The van der Waals surface area contributed by atoms with Crippen LogP contribution < -0.4 is 8.28 Å². The van der Waals surface area contributed by atoms with Gasteiger partial charge >= 0.3 is 141 Å². The molecule has 3 rings (SSSR count). The van der Waals surface area contributed by atoms with Gasteiger partial charge in [0.05, 0.1) is 0 Å². The normalized spacial score (nSPS) is 10.9. The molecule has 7 heteroatoms. The molecule has 1 atom stereocenters. The Morgan fingerprint density at radius 2 is 2.19 bits per heavy atom. The number of aromatic nitrogens is 3. The molecule has 0 N–H and O–H groups in total. The van der Waals surface area contributed by atoms with E-state index in [-0.39, 0.29) is 0 Å². The first-order chi connectivity index (χ1) is 10.3. The van der Waals surface area contributed by atoms with E-state index in [0.717, 1.165) is 23.3 Å². The molecule has 3 aromatic rings. The SMILES string of the molecule is N#Cc1cccc(-c2nc([AsH]c3cnccn3)sc2Br)c1. The summed E-state index contributed by atoms with van der Waals surface area (Å²) in [6, 6.07) is 9.63. The van der Waals surface area contributed by atoms with E-state index >= 15 is 0 Å². The Hall–Kier alpha value is -1.54. The predicted molar refractivity (Wildman–Crippen MR) is 88.4 cm³/mol. The number of nitriles is 1. The Kier molecular flexibility index (Phi) is 4.44. The molecule has 1 aromatic carbocycles. The molecule has 0 aliphatic heterocycles. The van der Waals surface area contributed by atoms with E-state index in [2.05, 4.69) is 32.0 Å². The second-order valence-electron chi connectivity index (χ2n) is 4.05. The summed E-state index contributed by atoms with van der Waals surface area (Å²) in [5, 5.41) is 8.99. The van der Waals surface area contributed by atoms with E-state index in [9.17, 15) is 0 Å². The van der Waals surface area contributed by atoms with E-state index in [1.807, 2.05) is 18.2 Å². The molecule has 102 valence electrons. The van der Waals surface area contributed by atoms with Gasteiger partial charge in [0, 0.05) is 0 Å². The van der Waals surface area contributed by atoms with Gasteiger partial charge in [0.25, 0.3) is 0 Å². The number of rotatable bonds is 3. The van der Waals surface area contributed by atoms with Crippen LogP contribution >= 0.6 is 27.3 Å². The van der Waals surface area contributed by atoms with E-state index in [1.54, 1.807) is 36.0 Å². The van der Waals surface area contributed by atoms with Crippen molar-refractivity contribution in [1.82, 2.24) is 15.0 Å². The number of halogens is 1. The summed E-state index contributed by atoms with van der Waals surface area (Å²) in [6.45, 7) is 0. The van der Waals surface area contributed by atoms with Gasteiger partial charge in [0.15, 0.2) is 0 Å². The third kappa shape index (κ3) is 3.38. The number of thiazole rings is 1. The summed E-state index contributed by atoms with van der Waals surface area (Å²) in [6.07, 6.45) is 5.18. The third-order valence-corrected chi connectivity index (χ3v) is 7.10. The van der Waals surface area contributed by atoms with Crippen LogP contribution in [0.3, 0.4) is 0 Å². The summed E-state index contributed by atoms with van der Waals surface area (Å²) < 4.78 is 3.08. The Morgan fingerprint density at radius 1 is 1.29 bits per heavy atom. The Morgan fingerprint density at radius 3 is 2.95 bits per heavy atom. The topological polar surface area (TPSA) is 62.5 Å². The first-order valence-electron chi connectivity index (χ1n) is 5.96. The molecule has 21 heavy (non-hydrogen) atoms. The second kappa shape index (κ2) is 6.48. The minimum atomic E-state index is -0.579. The maximum absolute atomic E-state index is 8.99. The summed E-state index contributed by atoms with van der Waals surface area (Å²) >= 11 is 4.62. The van der Waals surface area contributed by atoms with Crippen molar-refractivity contribution in [3.8, 4) is 17.3 Å². The Labute approximate surface area is 140 Å². The van der Waals surface area contributed by atoms with Crippen molar-refractivity contribution in [2.45, 2.75) is 0 Å². The van der Waals surface area contributed by atoms with Gasteiger partial charge in [0.1, 0.15) is 0 Å². The zero-order chi connectivity index (χ0) is 14.7. The summed E-state index contributed by atoms with van der Waals surface area (Å²) in [5.74, 6) is 0. The predicted octanol–water partition coefficient (Wildman–Crippen LogP) is 1.62. The van der Waals surface area contributed by atoms with Gasteiger partial charge in [-0.2, -0.15) is 0 Å². The molecule has 1 unspecified atom stereocenters. The van der Waals surface area contributed by atoms with Crippen LogP contribution in [0.15, 0.2) is 46.6 Å². The van der Waals surface area contributed by atoms with Crippen molar-refractivity contribution < 1.29 is 0 Å². The van der Waals surface area contributed by atoms with Gasteiger partial charge in [-0.15, -0.1) is 0 Å². The van der Waals surface area contributed by atoms with Crippen molar-refractivity contribution in [3.63, 3.8) is 0 Å². The summed E-state index contributed by atoms with van der Waals surface area (Å²) in [5.41, 5.74) is 2.48. The first-order valence-corrected chi connectivity index (χ1v) is 9.67. The average molecular weight is 419 g/mol. The number of nitrogens with zero attached hydrogens (tertiary/aromatic N) is 4. The number of hydrogen-bond acceptors (Lipinski definition) is 5. The van der Waals surface area contributed by atoms with Crippen LogP contribution in [-0.4, -0.2) is 30.7 Å². The minimum absolute atomic E-state index is 0.579. The van der Waals surface area contributed by atoms with E-state index < -0.39 is 15.8 Å². The summed E-state index contributed by atoms with van der Waals surface area (Å²) in [7, 11) is 0. The standard InChI is InChI=1S/C14H8AsBrN4S/c16-13-12(10-3-1-2-9(6-10)7-17)20-14(21-13)15-11-8-18-4-5-19-11/h1-6,8,15H. The molecule has 0 spiro atoms. The van der Waals surface area contributed by atoms with Crippen LogP contribution in [0.4, 0.5) is 0 Å². The van der Waals surface area contributed by atoms with Crippen LogP contribution in [0, 0.1) is 11.3 Å². The van der Waals surface area contributed by atoms with E-state index in [0.29, 0.717) is 5.56 Å². The van der Waals surface area contributed by atoms with Gasteiger partial charge in [0.2, 0.25) is 0 Å². The van der Waals surface area contributed by atoms with Crippen molar-refractivity contribution >= 4 is 51.3 Å². The van der Waals surface area contributed by atoms with Crippen LogP contribution in [-0.2, 0) is 0 Å². The molecule has 0 bridgehead atoms. The zero-order valence-corrected chi connectivity index (χ0v) is 15.1. The van der Waals surface area contributed by atoms with Gasteiger partial charge in [-0.05, 0) is 0 Å². The monoisotopic (exact) mass is 418 g/mol. The molecule has 2 aromatic heterocycles. The molecular weight excluding hydrogens is 411 g/mol. The summed E-state index contributed by atoms with van der Waals surface area (Å²) in [4.78, 5) is 13.1. The molecule has 0 aliphatic rings. The second-order valence-corrected chi connectivity index (χ2v) is 9.72. The first kappa shape index (κ1) is 14.4. The van der Waals surface area contributed by atoms with Gasteiger partial charge in [-0.3, -0.25) is 0 Å².